The van der Waals surface area contributed by atoms with E-state index < -0.39 is 0 Å². The summed E-state index contributed by atoms with van der Waals surface area (Å²) in [5, 5.41) is 5.93. The van der Waals surface area contributed by atoms with Crippen molar-refractivity contribution >= 4 is 17.5 Å². The third kappa shape index (κ3) is 3.78. The molecule has 0 unspecified atom stereocenters. The van der Waals surface area contributed by atoms with E-state index >= 15 is 0 Å². The van der Waals surface area contributed by atoms with Gasteiger partial charge in [0, 0.05) is 18.1 Å². The predicted octanol–water partition coefficient (Wildman–Crippen LogP) is 3.50. The number of carbonyl (C=O) groups is 1. The Hall–Kier alpha value is -3.15. The summed E-state index contributed by atoms with van der Waals surface area (Å²) in [4.78, 5) is 20.6. The largest absolute Gasteiger partial charge is 0.467 e. The van der Waals surface area contributed by atoms with Crippen LogP contribution in [0.1, 0.15) is 28.6 Å². The van der Waals surface area contributed by atoms with Crippen molar-refractivity contribution in [3.8, 4) is 0 Å². The number of aryl methyl sites for hydroxylation is 1. The zero-order valence-electron chi connectivity index (χ0n) is 13.3. The molecule has 0 aliphatic carbocycles. The summed E-state index contributed by atoms with van der Waals surface area (Å²) in [6, 6.07) is 11.4. The van der Waals surface area contributed by atoms with E-state index in [1.54, 1.807) is 6.26 Å². The van der Waals surface area contributed by atoms with Crippen molar-refractivity contribution in [3.05, 3.63) is 71.9 Å². The van der Waals surface area contributed by atoms with E-state index in [9.17, 15) is 4.79 Å². The quantitative estimate of drug-likeness (QED) is 0.726. The van der Waals surface area contributed by atoms with Gasteiger partial charge in [-0.15, -0.1) is 0 Å². The Kier molecular flexibility index (Phi) is 4.86. The van der Waals surface area contributed by atoms with Crippen LogP contribution in [0, 0.1) is 0 Å². The molecule has 0 fully saturated rings. The molecule has 1 aromatic carbocycles. The minimum absolute atomic E-state index is 0.228. The molecule has 0 atom stereocenters. The van der Waals surface area contributed by atoms with Crippen LogP contribution >= 0.6 is 0 Å². The highest BCUT2D eigenvalue weighted by atomic mass is 16.3. The summed E-state index contributed by atoms with van der Waals surface area (Å²) in [6.07, 6.45) is 5.46. The Morgan fingerprint density at radius 1 is 1.12 bits per heavy atom. The van der Waals surface area contributed by atoms with Gasteiger partial charge in [0.15, 0.2) is 0 Å². The third-order valence-corrected chi connectivity index (χ3v) is 3.56. The molecule has 0 spiro atoms. The van der Waals surface area contributed by atoms with E-state index in [4.69, 9.17) is 4.42 Å². The van der Waals surface area contributed by atoms with Crippen LogP contribution in [0.3, 0.4) is 0 Å². The van der Waals surface area contributed by atoms with Crippen molar-refractivity contribution in [1.29, 1.82) is 0 Å². The Morgan fingerprint density at radius 2 is 1.92 bits per heavy atom. The highest BCUT2D eigenvalue weighted by Crippen LogP contribution is 2.16. The highest BCUT2D eigenvalue weighted by Gasteiger charge is 2.09. The summed E-state index contributed by atoms with van der Waals surface area (Å²) in [6.45, 7) is 2.54. The number of carbonyl (C=O) groups excluding carboxylic acids is 1. The molecule has 0 radical (unpaired) electrons. The van der Waals surface area contributed by atoms with Crippen molar-refractivity contribution < 1.29 is 9.21 Å². The van der Waals surface area contributed by atoms with Gasteiger partial charge < -0.3 is 15.1 Å². The van der Waals surface area contributed by atoms with Gasteiger partial charge in [0.05, 0.1) is 18.4 Å². The summed E-state index contributed by atoms with van der Waals surface area (Å²) in [5.74, 6) is 1.00. The lowest BCUT2D eigenvalue weighted by atomic mass is 10.1. The van der Waals surface area contributed by atoms with Gasteiger partial charge in [0.2, 0.25) is 5.95 Å². The first-order valence-corrected chi connectivity index (χ1v) is 7.74. The Morgan fingerprint density at radius 3 is 2.62 bits per heavy atom. The Bertz CT molecular complexity index is 798. The smallest absolute Gasteiger partial charge is 0.258 e. The van der Waals surface area contributed by atoms with Crippen LogP contribution in [0.2, 0.25) is 0 Å². The molecule has 2 aromatic heterocycles. The van der Waals surface area contributed by atoms with Gasteiger partial charge in [-0.1, -0.05) is 25.1 Å². The SMILES string of the molecule is CCc1ccccc1NC(=O)c1cnc(NCc2ccco2)nc1. The fraction of sp³-hybridized carbons (Fsp3) is 0.167. The second kappa shape index (κ2) is 7.41. The first kappa shape index (κ1) is 15.7. The lowest BCUT2D eigenvalue weighted by molar-refractivity contribution is 0.102. The molecular weight excluding hydrogens is 304 g/mol. The number of para-hydroxylation sites is 1. The number of nitrogens with one attached hydrogen (secondary N) is 2. The standard InChI is InChI=1S/C18H18N4O2/c1-2-13-6-3-4-8-16(13)22-17(23)14-10-19-18(20-11-14)21-12-15-7-5-9-24-15/h3-11H,2,12H2,1H3,(H,22,23)(H,19,20,21). The molecule has 0 bridgehead atoms. The summed E-state index contributed by atoms with van der Waals surface area (Å²) >= 11 is 0. The maximum absolute atomic E-state index is 12.3. The maximum atomic E-state index is 12.3. The number of anilines is 2. The van der Waals surface area contributed by atoms with Crippen LogP contribution in [0.25, 0.3) is 0 Å². The van der Waals surface area contributed by atoms with E-state index in [2.05, 4.69) is 20.6 Å². The van der Waals surface area contributed by atoms with E-state index in [1.807, 2.05) is 43.3 Å². The highest BCUT2D eigenvalue weighted by molar-refractivity contribution is 6.04. The minimum atomic E-state index is -0.228. The second-order valence-electron chi connectivity index (χ2n) is 5.19. The average molecular weight is 322 g/mol. The topological polar surface area (TPSA) is 80.0 Å². The number of amides is 1. The zero-order valence-corrected chi connectivity index (χ0v) is 13.3. The summed E-state index contributed by atoms with van der Waals surface area (Å²) in [5.41, 5.74) is 2.30. The van der Waals surface area contributed by atoms with Crippen molar-refractivity contribution in [2.24, 2.45) is 0 Å². The first-order valence-electron chi connectivity index (χ1n) is 7.74. The van der Waals surface area contributed by atoms with Gasteiger partial charge in [-0.2, -0.15) is 0 Å². The van der Waals surface area contributed by atoms with Crippen molar-refractivity contribution in [2.45, 2.75) is 19.9 Å². The predicted molar refractivity (Wildman–Crippen MR) is 91.8 cm³/mol. The molecule has 6 heteroatoms. The average Bonchev–Trinajstić information content (AvgIpc) is 3.14. The normalized spacial score (nSPS) is 10.4. The van der Waals surface area contributed by atoms with Crippen LogP contribution < -0.4 is 10.6 Å². The van der Waals surface area contributed by atoms with Gasteiger partial charge in [-0.05, 0) is 30.2 Å². The summed E-state index contributed by atoms with van der Waals surface area (Å²) < 4.78 is 5.22. The number of hydrogen-bond donors (Lipinski definition) is 2. The fourth-order valence-corrected chi connectivity index (χ4v) is 2.26. The fourth-order valence-electron chi connectivity index (χ4n) is 2.26. The number of aromatic nitrogens is 2. The number of hydrogen-bond acceptors (Lipinski definition) is 5. The summed E-state index contributed by atoms with van der Waals surface area (Å²) in [7, 11) is 0. The van der Waals surface area contributed by atoms with Gasteiger partial charge in [-0.25, -0.2) is 9.97 Å². The van der Waals surface area contributed by atoms with Gasteiger partial charge in [-0.3, -0.25) is 4.79 Å². The lowest BCUT2D eigenvalue weighted by Gasteiger charge is -2.09. The lowest BCUT2D eigenvalue weighted by Crippen LogP contribution is -2.14. The molecule has 24 heavy (non-hydrogen) atoms. The molecule has 0 aliphatic rings. The Labute approximate surface area is 140 Å². The Balaban J connectivity index is 1.63. The molecular formula is C18H18N4O2. The number of furan rings is 1. The van der Waals surface area contributed by atoms with E-state index in [0.717, 1.165) is 23.4 Å². The monoisotopic (exact) mass is 322 g/mol. The second-order valence-corrected chi connectivity index (χ2v) is 5.19. The molecule has 3 rings (SSSR count). The molecule has 122 valence electrons. The van der Waals surface area contributed by atoms with E-state index in [-0.39, 0.29) is 5.91 Å². The van der Waals surface area contributed by atoms with Crippen LogP contribution in [-0.2, 0) is 13.0 Å². The molecule has 2 heterocycles. The van der Waals surface area contributed by atoms with Gasteiger partial charge in [0.25, 0.3) is 5.91 Å². The van der Waals surface area contributed by atoms with Gasteiger partial charge >= 0.3 is 0 Å². The van der Waals surface area contributed by atoms with Crippen molar-refractivity contribution in [3.63, 3.8) is 0 Å². The van der Waals surface area contributed by atoms with Crippen molar-refractivity contribution in [1.82, 2.24) is 9.97 Å². The molecule has 0 saturated heterocycles. The molecule has 6 nitrogen and oxygen atoms in total. The van der Waals surface area contributed by atoms with E-state index in [1.165, 1.54) is 12.4 Å². The number of benzene rings is 1. The molecule has 1 amide bonds. The molecule has 3 aromatic rings. The molecule has 0 aliphatic heterocycles. The van der Waals surface area contributed by atoms with Crippen LogP contribution in [0.15, 0.2) is 59.5 Å². The first-order chi connectivity index (χ1) is 11.8. The maximum Gasteiger partial charge on any atom is 0.258 e. The third-order valence-electron chi connectivity index (χ3n) is 3.56. The van der Waals surface area contributed by atoms with Crippen LogP contribution in [0.4, 0.5) is 11.6 Å². The van der Waals surface area contributed by atoms with Crippen molar-refractivity contribution in [2.75, 3.05) is 10.6 Å². The minimum Gasteiger partial charge on any atom is -0.467 e. The van der Waals surface area contributed by atoms with Gasteiger partial charge in [0.1, 0.15) is 5.76 Å². The van der Waals surface area contributed by atoms with Crippen LogP contribution in [0.5, 0.6) is 0 Å². The number of rotatable bonds is 6. The molecule has 0 saturated carbocycles. The molecule has 2 N–H and O–H groups in total. The van der Waals surface area contributed by atoms with E-state index in [0.29, 0.717) is 18.1 Å². The van der Waals surface area contributed by atoms with Crippen LogP contribution in [-0.4, -0.2) is 15.9 Å². The number of nitrogens with zero attached hydrogens (tertiary/aromatic N) is 2. The zero-order chi connectivity index (χ0) is 16.8.